The molecule has 0 aliphatic heterocycles. The maximum atomic E-state index is 11.5. The van der Waals surface area contributed by atoms with Gasteiger partial charge in [-0.1, -0.05) is 36.4 Å². The molecule has 3 rings (SSSR count). The number of hydrogen-bond acceptors (Lipinski definition) is 3. The van der Waals surface area contributed by atoms with Crippen LogP contribution in [0, 0.1) is 0 Å². The van der Waals surface area contributed by atoms with Gasteiger partial charge in [0.05, 0.1) is 18.3 Å². The molecule has 2 aromatic carbocycles. The number of benzene rings is 2. The first kappa shape index (κ1) is 12.4. The summed E-state index contributed by atoms with van der Waals surface area (Å²) >= 11 is 0. The van der Waals surface area contributed by atoms with Gasteiger partial charge in [-0.15, -0.1) is 0 Å². The van der Waals surface area contributed by atoms with Crippen molar-refractivity contribution in [2.75, 3.05) is 0 Å². The molecular weight excluding hydrogens is 254 g/mol. The predicted octanol–water partition coefficient (Wildman–Crippen LogP) is 2.20. The van der Waals surface area contributed by atoms with E-state index in [-0.39, 0.29) is 0 Å². The van der Waals surface area contributed by atoms with E-state index in [0.29, 0.717) is 12.1 Å². The van der Waals surface area contributed by atoms with Crippen LogP contribution in [0.1, 0.15) is 15.9 Å². The third-order valence-corrected chi connectivity index (χ3v) is 3.18. The van der Waals surface area contributed by atoms with E-state index in [2.05, 4.69) is 5.10 Å². The Morgan fingerprint density at radius 2 is 2.00 bits per heavy atom. The van der Waals surface area contributed by atoms with Crippen molar-refractivity contribution in [1.29, 1.82) is 0 Å². The first-order chi connectivity index (χ1) is 9.78. The third-order valence-electron chi connectivity index (χ3n) is 3.18. The fourth-order valence-corrected chi connectivity index (χ4v) is 2.16. The highest BCUT2D eigenvalue weighted by molar-refractivity contribution is 5.97. The summed E-state index contributed by atoms with van der Waals surface area (Å²) < 4.78 is 1.83. The largest absolute Gasteiger partial charge is 0.288 e. The summed E-state index contributed by atoms with van der Waals surface area (Å²) in [5.41, 5.74) is 4.03. The van der Waals surface area contributed by atoms with Crippen molar-refractivity contribution in [3.63, 3.8) is 0 Å². The van der Waals surface area contributed by atoms with Gasteiger partial charge in [0.2, 0.25) is 0 Å². The third kappa shape index (κ3) is 2.26. The van der Waals surface area contributed by atoms with Gasteiger partial charge >= 0.3 is 0 Å². The molecule has 0 unspecified atom stereocenters. The van der Waals surface area contributed by atoms with Crippen LogP contribution in [0.4, 0.5) is 0 Å². The molecule has 5 heteroatoms. The first-order valence-electron chi connectivity index (χ1n) is 6.22. The molecule has 0 radical (unpaired) electrons. The Bertz CT molecular complexity index is 750. The SMILES string of the molecule is O=C(NO)c1ccc2cnn(Cc3ccccc3)c2c1. The average Bonchev–Trinajstić information content (AvgIpc) is 2.90. The molecule has 3 aromatic rings. The second kappa shape index (κ2) is 5.14. The molecule has 1 amide bonds. The van der Waals surface area contributed by atoms with Crippen molar-refractivity contribution >= 4 is 16.8 Å². The zero-order valence-corrected chi connectivity index (χ0v) is 10.7. The van der Waals surface area contributed by atoms with Crippen LogP contribution in [0.3, 0.4) is 0 Å². The molecule has 0 bridgehead atoms. The van der Waals surface area contributed by atoms with Gasteiger partial charge in [0.25, 0.3) is 5.91 Å². The van der Waals surface area contributed by atoms with Gasteiger partial charge in [-0.05, 0) is 17.7 Å². The van der Waals surface area contributed by atoms with Crippen molar-refractivity contribution in [2.45, 2.75) is 6.54 Å². The molecule has 20 heavy (non-hydrogen) atoms. The van der Waals surface area contributed by atoms with Crippen LogP contribution in [0.25, 0.3) is 10.9 Å². The van der Waals surface area contributed by atoms with Crippen molar-refractivity contribution < 1.29 is 10.0 Å². The Kier molecular flexibility index (Phi) is 3.18. The smallest absolute Gasteiger partial charge is 0.274 e. The summed E-state index contributed by atoms with van der Waals surface area (Å²) in [6.45, 7) is 0.633. The lowest BCUT2D eigenvalue weighted by molar-refractivity contribution is 0.0706. The molecule has 5 nitrogen and oxygen atoms in total. The monoisotopic (exact) mass is 267 g/mol. The predicted molar refractivity (Wildman–Crippen MR) is 74.5 cm³/mol. The molecule has 0 fully saturated rings. The van der Waals surface area contributed by atoms with Gasteiger partial charge in [-0.3, -0.25) is 14.7 Å². The molecule has 1 heterocycles. The standard InChI is InChI=1S/C15H13N3O2/c19-15(17-20)12-6-7-13-9-16-18(14(13)8-12)10-11-4-2-1-3-5-11/h1-9,20H,10H2,(H,17,19). The maximum Gasteiger partial charge on any atom is 0.274 e. The molecule has 2 N–H and O–H groups in total. The van der Waals surface area contributed by atoms with E-state index in [1.165, 1.54) is 0 Å². The number of fused-ring (bicyclic) bond motifs is 1. The molecular formula is C15H13N3O2. The topological polar surface area (TPSA) is 67.2 Å². The summed E-state index contributed by atoms with van der Waals surface area (Å²) in [7, 11) is 0. The van der Waals surface area contributed by atoms with Crippen LogP contribution in [0.5, 0.6) is 0 Å². The zero-order chi connectivity index (χ0) is 13.9. The summed E-state index contributed by atoms with van der Waals surface area (Å²) in [4.78, 5) is 11.5. The molecule has 100 valence electrons. The lowest BCUT2D eigenvalue weighted by Crippen LogP contribution is -2.18. The number of aromatic nitrogens is 2. The lowest BCUT2D eigenvalue weighted by Gasteiger charge is -2.05. The van der Waals surface area contributed by atoms with Crippen molar-refractivity contribution in [2.24, 2.45) is 0 Å². The average molecular weight is 267 g/mol. The van der Waals surface area contributed by atoms with Gasteiger partial charge in [0.15, 0.2) is 0 Å². The van der Waals surface area contributed by atoms with E-state index in [1.807, 2.05) is 41.1 Å². The molecule has 0 saturated heterocycles. The van der Waals surface area contributed by atoms with Gasteiger partial charge < -0.3 is 0 Å². The number of hydroxylamine groups is 1. The number of nitrogens with one attached hydrogen (secondary N) is 1. The van der Waals surface area contributed by atoms with Crippen molar-refractivity contribution in [3.05, 3.63) is 65.9 Å². The number of rotatable bonds is 3. The quantitative estimate of drug-likeness (QED) is 0.564. The number of hydrogen-bond donors (Lipinski definition) is 2. The number of nitrogens with zero attached hydrogens (tertiary/aromatic N) is 2. The number of amides is 1. The summed E-state index contributed by atoms with van der Waals surface area (Å²) in [6.07, 6.45) is 1.76. The normalized spacial score (nSPS) is 10.7. The van der Waals surface area contributed by atoms with Gasteiger partial charge in [0.1, 0.15) is 0 Å². The zero-order valence-electron chi connectivity index (χ0n) is 10.7. The van der Waals surface area contributed by atoms with E-state index in [0.717, 1.165) is 16.5 Å². The van der Waals surface area contributed by atoms with Crippen LogP contribution < -0.4 is 5.48 Å². The van der Waals surface area contributed by atoms with Crippen LogP contribution in [-0.2, 0) is 6.54 Å². The van der Waals surface area contributed by atoms with Crippen molar-refractivity contribution in [3.8, 4) is 0 Å². The van der Waals surface area contributed by atoms with Crippen molar-refractivity contribution in [1.82, 2.24) is 15.3 Å². The minimum atomic E-state index is -0.528. The summed E-state index contributed by atoms with van der Waals surface area (Å²) in [6, 6.07) is 15.2. The maximum absolute atomic E-state index is 11.5. The van der Waals surface area contributed by atoms with Crippen LogP contribution in [-0.4, -0.2) is 20.9 Å². The van der Waals surface area contributed by atoms with Gasteiger partial charge in [-0.2, -0.15) is 5.10 Å². The van der Waals surface area contributed by atoms with Gasteiger partial charge in [0, 0.05) is 10.9 Å². The Hall–Kier alpha value is -2.66. The highest BCUT2D eigenvalue weighted by Crippen LogP contribution is 2.17. The molecule has 0 atom stereocenters. The minimum absolute atomic E-state index is 0.398. The highest BCUT2D eigenvalue weighted by atomic mass is 16.5. The Labute approximate surface area is 115 Å². The summed E-state index contributed by atoms with van der Waals surface area (Å²) in [5, 5.41) is 14.0. The molecule has 0 aliphatic rings. The molecule has 0 spiro atoms. The van der Waals surface area contributed by atoms with E-state index in [1.54, 1.807) is 23.8 Å². The Morgan fingerprint density at radius 3 is 2.75 bits per heavy atom. The molecule has 0 saturated carbocycles. The molecule has 0 aliphatic carbocycles. The minimum Gasteiger partial charge on any atom is -0.288 e. The lowest BCUT2D eigenvalue weighted by atomic mass is 10.1. The Balaban J connectivity index is 2.01. The van der Waals surface area contributed by atoms with Crippen LogP contribution in [0.15, 0.2) is 54.7 Å². The fourth-order valence-electron chi connectivity index (χ4n) is 2.16. The van der Waals surface area contributed by atoms with Crippen LogP contribution in [0.2, 0.25) is 0 Å². The highest BCUT2D eigenvalue weighted by Gasteiger charge is 2.08. The van der Waals surface area contributed by atoms with E-state index < -0.39 is 5.91 Å². The van der Waals surface area contributed by atoms with E-state index in [9.17, 15) is 4.79 Å². The van der Waals surface area contributed by atoms with Gasteiger partial charge in [-0.25, -0.2) is 5.48 Å². The number of carbonyl (C=O) groups is 1. The van der Waals surface area contributed by atoms with E-state index >= 15 is 0 Å². The molecule has 1 aromatic heterocycles. The van der Waals surface area contributed by atoms with E-state index in [4.69, 9.17) is 5.21 Å². The first-order valence-corrected chi connectivity index (χ1v) is 6.22. The van der Waals surface area contributed by atoms with Crippen LogP contribution >= 0.6 is 0 Å². The summed E-state index contributed by atoms with van der Waals surface area (Å²) in [5.74, 6) is -0.528. The number of carbonyl (C=O) groups excluding carboxylic acids is 1. The fraction of sp³-hybridized carbons (Fsp3) is 0.0667. The second-order valence-electron chi connectivity index (χ2n) is 4.50. The Morgan fingerprint density at radius 1 is 1.20 bits per heavy atom. The second-order valence-corrected chi connectivity index (χ2v) is 4.50.